The second-order valence-electron chi connectivity index (χ2n) is 13.3. The summed E-state index contributed by atoms with van der Waals surface area (Å²) in [6, 6.07) is 17.6. The van der Waals surface area contributed by atoms with Crippen molar-refractivity contribution in [2.45, 2.75) is 68.7 Å². The van der Waals surface area contributed by atoms with E-state index in [-0.39, 0.29) is 17.2 Å². The van der Waals surface area contributed by atoms with Gasteiger partial charge in [-0.05, 0) is 74.4 Å². The predicted octanol–water partition coefficient (Wildman–Crippen LogP) is 4.73. The molecule has 1 saturated carbocycles. The average Bonchev–Trinajstić information content (AvgIpc) is 3.56. The van der Waals surface area contributed by atoms with Crippen molar-refractivity contribution in [1.29, 1.82) is 0 Å². The Balaban J connectivity index is 1.07. The van der Waals surface area contributed by atoms with Crippen LogP contribution in [0.4, 0.5) is 0 Å². The molecule has 226 valence electrons. The predicted molar refractivity (Wildman–Crippen MR) is 164 cm³/mol. The highest BCUT2D eigenvalue weighted by Gasteiger charge is 2.48. The molecule has 7 nitrogen and oxygen atoms in total. The average molecular weight is 592 g/mol. The van der Waals surface area contributed by atoms with Gasteiger partial charge < -0.3 is 14.7 Å². The van der Waals surface area contributed by atoms with Crippen molar-refractivity contribution in [2.24, 2.45) is 17.3 Å². The number of rotatable bonds is 7. The van der Waals surface area contributed by atoms with Crippen LogP contribution in [-0.4, -0.2) is 80.5 Å². The smallest absolute Gasteiger partial charge is 0.229 e. The molecule has 1 aliphatic carbocycles. The zero-order chi connectivity index (χ0) is 29.3. The van der Waals surface area contributed by atoms with Crippen LogP contribution < -0.4 is 0 Å². The molecular weight excluding hydrogens is 546 g/mol. The first-order valence-electron chi connectivity index (χ1n) is 15.9. The van der Waals surface area contributed by atoms with Crippen molar-refractivity contribution < 1.29 is 18.0 Å². The molecule has 8 heteroatoms. The van der Waals surface area contributed by atoms with E-state index in [4.69, 9.17) is 0 Å². The number of carbonyl (C=O) groups is 2. The fourth-order valence-corrected chi connectivity index (χ4v) is 8.62. The van der Waals surface area contributed by atoms with E-state index in [2.05, 4.69) is 40.1 Å². The van der Waals surface area contributed by atoms with Gasteiger partial charge in [0.1, 0.15) is 0 Å². The van der Waals surface area contributed by atoms with Gasteiger partial charge in [0.25, 0.3) is 0 Å². The number of sulfone groups is 1. The van der Waals surface area contributed by atoms with Crippen LogP contribution in [0, 0.1) is 17.3 Å². The van der Waals surface area contributed by atoms with Gasteiger partial charge in [0.05, 0.1) is 10.3 Å². The molecule has 4 fully saturated rings. The standard InChI is InChI=1S/C34H45N3O4S/c1-42(40,41)30-14-12-26(13-15-30)22-36-21-18-34(33(36)39)16-19-35(20-17-34)23-29-24-37(32(38)28-10-6-3-7-11-28)25-31(29)27-8-4-2-5-9-27/h2,4-5,8-9,12-15,28-29,31H,3,6-7,10-11,16-25H2,1H3. The first-order valence-corrected chi connectivity index (χ1v) is 17.8. The Bertz CT molecular complexity index is 1360. The zero-order valence-corrected chi connectivity index (χ0v) is 25.7. The van der Waals surface area contributed by atoms with Gasteiger partial charge in [0.15, 0.2) is 9.84 Å². The van der Waals surface area contributed by atoms with Crippen molar-refractivity contribution in [3.8, 4) is 0 Å². The lowest BCUT2D eigenvalue weighted by molar-refractivity contribution is -0.139. The maximum absolute atomic E-state index is 13.6. The molecule has 42 heavy (non-hydrogen) atoms. The molecule has 2 amide bonds. The fraction of sp³-hybridized carbons (Fsp3) is 0.588. The Hall–Kier alpha value is -2.71. The normalized spacial score (nSPS) is 25.4. The van der Waals surface area contributed by atoms with Crippen LogP contribution in [0.15, 0.2) is 59.5 Å². The Kier molecular flexibility index (Phi) is 8.47. The van der Waals surface area contributed by atoms with E-state index in [1.54, 1.807) is 12.1 Å². The molecule has 4 aliphatic rings. The van der Waals surface area contributed by atoms with Gasteiger partial charge in [0.2, 0.25) is 11.8 Å². The maximum Gasteiger partial charge on any atom is 0.229 e. The number of hydrogen-bond donors (Lipinski definition) is 0. The van der Waals surface area contributed by atoms with Crippen LogP contribution >= 0.6 is 0 Å². The molecule has 0 aromatic heterocycles. The SMILES string of the molecule is CS(=O)(=O)c1ccc(CN2CCC3(CCN(CC4CN(C(=O)C5CCCCC5)CC4c4ccccc4)CC3)C2=O)cc1. The Morgan fingerprint density at radius 3 is 2.21 bits per heavy atom. The second-order valence-corrected chi connectivity index (χ2v) is 15.3. The Morgan fingerprint density at radius 2 is 1.55 bits per heavy atom. The molecule has 3 aliphatic heterocycles. The number of benzene rings is 2. The summed E-state index contributed by atoms with van der Waals surface area (Å²) < 4.78 is 23.6. The lowest BCUT2D eigenvalue weighted by Crippen LogP contribution is -2.46. The zero-order valence-electron chi connectivity index (χ0n) is 24.9. The number of hydrogen-bond acceptors (Lipinski definition) is 5. The van der Waals surface area contributed by atoms with Crippen molar-refractivity contribution >= 4 is 21.7 Å². The third-order valence-electron chi connectivity index (χ3n) is 10.6. The lowest BCUT2D eigenvalue weighted by Gasteiger charge is -2.39. The largest absolute Gasteiger partial charge is 0.341 e. The fourth-order valence-electron chi connectivity index (χ4n) is 7.99. The van der Waals surface area contributed by atoms with Gasteiger partial charge in [-0.2, -0.15) is 0 Å². The van der Waals surface area contributed by atoms with Gasteiger partial charge in [-0.15, -0.1) is 0 Å². The minimum Gasteiger partial charge on any atom is -0.341 e. The summed E-state index contributed by atoms with van der Waals surface area (Å²) in [5, 5.41) is 0. The number of amides is 2. The summed E-state index contributed by atoms with van der Waals surface area (Å²) in [5.74, 6) is 1.59. The molecule has 3 saturated heterocycles. The van der Waals surface area contributed by atoms with E-state index in [1.807, 2.05) is 17.0 Å². The molecule has 1 spiro atoms. The molecule has 3 heterocycles. The molecule has 2 unspecified atom stereocenters. The number of piperidine rings is 1. The van der Waals surface area contributed by atoms with Gasteiger partial charge in [-0.3, -0.25) is 9.59 Å². The first kappa shape index (κ1) is 29.4. The molecule has 0 N–H and O–H groups in total. The Labute approximate surface area is 251 Å². The van der Waals surface area contributed by atoms with Gasteiger partial charge in [-0.1, -0.05) is 61.7 Å². The summed E-state index contributed by atoms with van der Waals surface area (Å²) in [7, 11) is -3.23. The van der Waals surface area contributed by atoms with Crippen LogP contribution in [0.1, 0.15) is 68.4 Å². The van der Waals surface area contributed by atoms with Gasteiger partial charge in [0, 0.05) is 50.8 Å². The minimum atomic E-state index is -3.23. The summed E-state index contributed by atoms with van der Waals surface area (Å²) in [6.45, 7) is 5.73. The number of nitrogens with zero attached hydrogens (tertiary/aromatic N) is 3. The quantitative estimate of drug-likeness (QED) is 0.466. The van der Waals surface area contributed by atoms with Crippen molar-refractivity contribution in [2.75, 3.05) is 45.5 Å². The highest BCUT2D eigenvalue weighted by molar-refractivity contribution is 7.90. The first-order chi connectivity index (χ1) is 20.2. The van der Waals surface area contributed by atoms with Crippen LogP contribution in [0.3, 0.4) is 0 Å². The van der Waals surface area contributed by atoms with Crippen molar-refractivity contribution in [1.82, 2.24) is 14.7 Å². The van der Waals surface area contributed by atoms with E-state index in [1.165, 1.54) is 31.1 Å². The van der Waals surface area contributed by atoms with Crippen LogP contribution in [0.2, 0.25) is 0 Å². The van der Waals surface area contributed by atoms with E-state index in [0.717, 1.165) is 76.9 Å². The maximum atomic E-state index is 13.6. The van der Waals surface area contributed by atoms with E-state index >= 15 is 0 Å². The van der Waals surface area contributed by atoms with Crippen LogP contribution in [0.25, 0.3) is 0 Å². The number of likely N-dealkylation sites (tertiary alicyclic amines) is 3. The molecule has 2 aromatic carbocycles. The highest BCUT2D eigenvalue weighted by atomic mass is 32.2. The van der Waals surface area contributed by atoms with Crippen LogP contribution in [-0.2, 0) is 26.0 Å². The summed E-state index contributed by atoms with van der Waals surface area (Å²) in [6.07, 6.45) is 9.56. The minimum absolute atomic E-state index is 0.206. The third kappa shape index (κ3) is 6.16. The van der Waals surface area contributed by atoms with Gasteiger partial charge >= 0.3 is 0 Å². The summed E-state index contributed by atoms with van der Waals surface area (Å²) in [5.41, 5.74) is 2.02. The molecule has 0 radical (unpaired) electrons. The third-order valence-corrected chi connectivity index (χ3v) is 11.7. The topological polar surface area (TPSA) is 78.0 Å². The van der Waals surface area contributed by atoms with Gasteiger partial charge in [-0.25, -0.2) is 8.42 Å². The highest BCUT2D eigenvalue weighted by Crippen LogP contribution is 2.43. The molecule has 2 atom stereocenters. The van der Waals surface area contributed by atoms with E-state index < -0.39 is 9.84 Å². The molecule has 6 rings (SSSR count). The van der Waals surface area contributed by atoms with E-state index in [0.29, 0.717) is 29.2 Å². The number of carbonyl (C=O) groups excluding carboxylic acids is 2. The monoisotopic (exact) mass is 591 g/mol. The second kappa shape index (κ2) is 12.1. The Morgan fingerprint density at radius 1 is 0.881 bits per heavy atom. The lowest BCUT2D eigenvalue weighted by atomic mass is 9.76. The summed E-state index contributed by atoms with van der Waals surface area (Å²) in [4.78, 5) is 34.1. The molecule has 0 bridgehead atoms. The van der Waals surface area contributed by atoms with Crippen molar-refractivity contribution in [3.63, 3.8) is 0 Å². The van der Waals surface area contributed by atoms with E-state index in [9.17, 15) is 18.0 Å². The summed E-state index contributed by atoms with van der Waals surface area (Å²) >= 11 is 0. The molecular formula is C34H45N3O4S. The molecule has 2 aromatic rings. The van der Waals surface area contributed by atoms with Crippen LogP contribution in [0.5, 0.6) is 0 Å². The van der Waals surface area contributed by atoms with Crippen molar-refractivity contribution in [3.05, 3.63) is 65.7 Å².